The van der Waals surface area contributed by atoms with Gasteiger partial charge in [-0.25, -0.2) is 28.5 Å². The molecule has 0 saturated carbocycles. The summed E-state index contributed by atoms with van der Waals surface area (Å²) < 4.78 is 45.8. The predicted molar refractivity (Wildman–Crippen MR) is 148 cm³/mol. The number of anilines is 1. The summed E-state index contributed by atoms with van der Waals surface area (Å²) in [5, 5.41) is 3.81. The van der Waals surface area contributed by atoms with Crippen molar-refractivity contribution in [2.75, 3.05) is 12.4 Å². The summed E-state index contributed by atoms with van der Waals surface area (Å²) in [5.74, 6) is 0.495. The van der Waals surface area contributed by atoms with Crippen LogP contribution < -0.4 is 14.8 Å². The Morgan fingerprint density at radius 2 is 1.82 bits per heavy atom. The lowest BCUT2D eigenvalue weighted by atomic mass is 10.1. The molecule has 12 heteroatoms. The number of amides is 1. The highest BCUT2D eigenvalue weighted by Crippen LogP contribution is 2.38. The van der Waals surface area contributed by atoms with Gasteiger partial charge in [0.2, 0.25) is 0 Å². The van der Waals surface area contributed by atoms with Crippen LogP contribution >= 0.6 is 11.3 Å². The molecular formula is C28H25F2N5O4S. The Bertz CT molecular complexity index is 1690. The predicted octanol–water partition coefficient (Wildman–Crippen LogP) is 6.63. The molecule has 3 aromatic heterocycles. The van der Waals surface area contributed by atoms with Crippen LogP contribution in [0.2, 0.25) is 0 Å². The van der Waals surface area contributed by atoms with Gasteiger partial charge in [0.25, 0.3) is 0 Å². The molecule has 0 spiro atoms. The minimum Gasteiger partial charge on any atom is -0.495 e. The first-order chi connectivity index (χ1) is 19.2. The number of alkyl halides is 1. The molecule has 0 fully saturated rings. The molecule has 0 aliphatic heterocycles. The number of hydrogen-bond acceptors (Lipinski definition) is 9. The van der Waals surface area contributed by atoms with Crippen LogP contribution in [0.15, 0.2) is 48.9 Å². The van der Waals surface area contributed by atoms with Crippen LogP contribution in [0.25, 0.3) is 31.7 Å². The van der Waals surface area contributed by atoms with E-state index in [9.17, 15) is 9.18 Å². The zero-order valence-electron chi connectivity index (χ0n) is 22.1. The summed E-state index contributed by atoms with van der Waals surface area (Å²) in [5.41, 5.74) is 2.54. The Labute approximate surface area is 232 Å². The molecular weight excluding hydrogens is 540 g/mol. The SMILES string of the molecule is COc1cnc2c(-c3nc4cc(F)c(O[C@@H](C)[C@@H](C)OC(=O)Nc5cnc(C)nc5)cc4s3)cc(CF)cc2c1. The summed E-state index contributed by atoms with van der Waals surface area (Å²) in [4.78, 5) is 29.4. The van der Waals surface area contributed by atoms with Crippen molar-refractivity contribution in [3.05, 3.63) is 66.1 Å². The van der Waals surface area contributed by atoms with E-state index < -0.39 is 30.8 Å². The topological polar surface area (TPSA) is 108 Å². The van der Waals surface area contributed by atoms with E-state index in [1.165, 1.54) is 36.9 Å². The number of thiazole rings is 1. The fourth-order valence-electron chi connectivity index (χ4n) is 3.94. The Balaban J connectivity index is 1.36. The van der Waals surface area contributed by atoms with E-state index in [1.54, 1.807) is 51.2 Å². The van der Waals surface area contributed by atoms with Crippen LogP contribution in [-0.2, 0) is 11.4 Å². The highest BCUT2D eigenvalue weighted by Gasteiger charge is 2.22. The Hall–Kier alpha value is -4.45. The average molecular weight is 566 g/mol. The number of benzene rings is 2. The number of nitrogens with one attached hydrogen (secondary N) is 1. The third kappa shape index (κ3) is 5.76. The van der Waals surface area contributed by atoms with Gasteiger partial charge >= 0.3 is 6.09 Å². The third-order valence-corrected chi connectivity index (χ3v) is 7.23. The van der Waals surface area contributed by atoms with Crippen LogP contribution in [-0.4, -0.2) is 45.3 Å². The minimum absolute atomic E-state index is 0.0109. The van der Waals surface area contributed by atoms with Gasteiger partial charge in [-0.2, -0.15) is 0 Å². The molecule has 0 saturated heterocycles. The standard InChI is InChI=1S/C28H25F2N5O4S/c1-14(15(2)39-28(36)34-19-11-31-16(3)32-12-19)38-24-9-25-23(8-22(24)30)35-27(40-25)21-6-17(10-29)5-18-7-20(37-4)13-33-26(18)21/h5-9,11-15H,10H2,1-4H3,(H,34,36)/t14-,15+/m0/s1. The third-order valence-electron chi connectivity index (χ3n) is 6.17. The van der Waals surface area contributed by atoms with Crippen LogP contribution in [0.5, 0.6) is 11.5 Å². The number of aryl methyl sites for hydroxylation is 1. The first-order valence-corrected chi connectivity index (χ1v) is 13.1. The summed E-state index contributed by atoms with van der Waals surface area (Å²) >= 11 is 1.31. The fourth-order valence-corrected chi connectivity index (χ4v) is 4.94. The maximum atomic E-state index is 15.0. The second-order valence-electron chi connectivity index (χ2n) is 9.07. The van der Waals surface area contributed by atoms with Crippen molar-refractivity contribution in [3.63, 3.8) is 0 Å². The van der Waals surface area contributed by atoms with Gasteiger partial charge in [0.15, 0.2) is 11.6 Å². The number of carbonyl (C=O) groups is 1. The van der Waals surface area contributed by atoms with Gasteiger partial charge in [0, 0.05) is 23.1 Å². The van der Waals surface area contributed by atoms with Gasteiger partial charge < -0.3 is 14.2 Å². The molecule has 1 amide bonds. The van der Waals surface area contributed by atoms with Gasteiger partial charge in [0.1, 0.15) is 35.5 Å². The van der Waals surface area contributed by atoms with E-state index in [-0.39, 0.29) is 5.75 Å². The maximum absolute atomic E-state index is 15.0. The highest BCUT2D eigenvalue weighted by atomic mass is 32.1. The van der Waals surface area contributed by atoms with Crippen molar-refractivity contribution in [3.8, 4) is 22.1 Å². The molecule has 0 aliphatic rings. The molecule has 0 unspecified atom stereocenters. The van der Waals surface area contributed by atoms with Crippen molar-refractivity contribution >= 4 is 44.2 Å². The molecule has 0 bridgehead atoms. The summed E-state index contributed by atoms with van der Waals surface area (Å²) in [6.45, 7) is 4.38. The van der Waals surface area contributed by atoms with Crippen molar-refractivity contribution in [2.24, 2.45) is 0 Å². The van der Waals surface area contributed by atoms with Crippen molar-refractivity contribution in [1.82, 2.24) is 19.9 Å². The van der Waals surface area contributed by atoms with Crippen LogP contribution in [0, 0.1) is 12.7 Å². The number of pyridine rings is 1. The Morgan fingerprint density at radius 1 is 1.05 bits per heavy atom. The molecule has 0 aliphatic carbocycles. The van der Waals surface area contributed by atoms with Crippen molar-refractivity contribution < 1.29 is 27.8 Å². The molecule has 9 nitrogen and oxygen atoms in total. The first-order valence-electron chi connectivity index (χ1n) is 12.3. The van der Waals surface area contributed by atoms with Gasteiger partial charge in [-0.15, -0.1) is 11.3 Å². The van der Waals surface area contributed by atoms with E-state index in [2.05, 4.69) is 25.3 Å². The zero-order chi connectivity index (χ0) is 28.4. The summed E-state index contributed by atoms with van der Waals surface area (Å²) in [6, 6.07) is 8.03. The number of carbonyl (C=O) groups excluding carboxylic acids is 1. The maximum Gasteiger partial charge on any atom is 0.412 e. The second kappa shape index (κ2) is 11.3. The van der Waals surface area contributed by atoms with Crippen LogP contribution in [0.1, 0.15) is 25.2 Å². The molecule has 40 heavy (non-hydrogen) atoms. The summed E-state index contributed by atoms with van der Waals surface area (Å²) in [7, 11) is 1.54. The lowest BCUT2D eigenvalue weighted by molar-refractivity contribution is 0.0402. The van der Waals surface area contributed by atoms with Gasteiger partial charge in [-0.1, -0.05) is 0 Å². The molecule has 2 aromatic carbocycles. The second-order valence-corrected chi connectivity index (χ2v) is 10.1. The van der Waals surface area contributed by atoms with Crippen molar-refractivity contribution in [1.29, 1.82) is 0 Å². The number of aromatic nitrogens is 4. The van der Waals surface area contributed by atoms with Crippen molar-refractivity contribution in [2.45, 2.75) is 39.7 Å². The van der Waals surface area contributed by atoms with Crippen LogP contribution in [0.4, 0.5) is 19.3 Å². The molecule has 2 atom stereocenters. The Kier molecular flexibility index (Phi) is 7.69. The molecule has 5 rings (SSSR count). The largest absolute Gasteiger partial charge is 0.495 e. The van der Waals surface area contributed by atoms with E-state index in [1.807, 2.05) is 0 Å². The summed E-state index contributed by atoms with van der Waals surface area (Å²) in [6.07, 6.45) is 2.41. The number of rotatable bonds is 8. The smallest absolute Gasteiger partial charge is 0.412 e. The zero-order valence-corrected chi connectivity index (χ0v) is 22.9. The first kappa shape index (κ1) is 27.1. The van der Waals surface area contributed by atoms with Crippen LogP contribution in [0.3, 0.4) is 0 Å². The van der Waals surface area contributed by atoms with E-state index in [4.69, 9.17) is 14.2 Å². The monoisotopic (exact) mass is 565 g/mol. The normalized spacial score (nSPS) is 12.8. The molecule has 206 valence electrons. The lowest BCUT2D eigenvalue weighted by Gasteiger charge is -2.22. The number of ether oxygens (including phenoxy) is 3. The van der Waals surface area contributed by atoms with Gasteiger partial charge in [0.05, 0.1) is 47.1 Å². The highest BCUT2D eigenvalue weighted by molar-refractivity contribution is 7.21. The fraction of sp³-hybridized carbons (Fsp3) is 0.250. The minimum atomic E-state index is -0.715. The quantitative estimate of drug-likeness (QED) is 0.223. The van der Waals surface area contributed by atoms with Gasteiger partial charge in [-0.05, 0) is 44.5 Å². The lowest BCUT2D eigenvalue weighted by Crippen LogP contribution is -2.32. The molecule has 0 radical (unpaired) electrons. The molecule has 1 N–H and O–H groups in total. The Morgan fingerprint density at radius 3 is 2.55 bits per heavy atom. The van der Waals surface area contributed by atoms with E-state index in [0.29, 0.717) is 54.5 Å². The number of halogens is 2. The number of fused-ring (bicyclic) bond motifs is 2. The average Bonchev–Trinajstić information content (AvgIpc) is 3.35. The van der Waals surface area contributed by atoms with Gasteiger partial charge in [-0.3, -0.25) is 10.3 Å². The number of hydrogen-bond donors (Lipinski definition) is 1. The molecule has 3 heterocycles. The molecule has 5 aromatic rings. The number of methoxy groups -OCH3 is 1. The number of nitrogens with zero attached hydrogens (tertiary/aromatic N) is 4. The van der Waals surface area contributed by atoms with E-state index >= 15 is 4.39 Å². The van der Waals surface area contributed by atoms with E-state index in [0.717, 1.165) is 0 Å².